The number of thiazole rings is 1. The Labute approximate surface area is 232 Å². The molecule has 3 aromatic rings. The van der Waals surface area contributed by atoms with Crippen molar-refractivity contribution in [1.29, 1.82) is 0 Å². The van der Waals surface area contributed by atoms with Gasteiger partial charge in [-0.05, 0) is 79.5 Å². The summed E-state index contributed by atoms with van der Waals surface area (Å²) in [4.78, 5) is 33.0. The van der Waals surface area contributed by atoms with Gasteiger partial charge in [-0.15, -0.1) is 22.7 Å². The van der Waals surface area contributed by atoms with Crippen molar-refractivity contribution in [2.24, 2.45) is 11.8 Å². The van der Waals surface area contributed by atoms with Crippen molar-refractivity contribution in [2.45, 2.75) is 52.9 Å². The maximum atomic E-state index is 12.5. The van der Waals surface area contributed by atoms with Gasteiger partial charge in [-0.1, -0.05) is 38.8 Å². The van der Waals surface area contributed by atoms with Gasteiger partial charge < -0.3 is 10.4 Å². The van der Waals surface area contributed by atoms with E-state index in [4.69, 9.17) is 0 Å². The summed E-state index contributed by atoms with van der Waals surface area (Å²) in [6.07, 6.45) is 5.79. The van der Waals surface area contributed by atoms with Gasteiger partial charge in [0.25, 0.3) is 5.91 Å². The highest BCUT2D eigenvalue weighted by Gasteiger charge is 2.30. The molecule has 2 aliphatic rings. The van der Waals surface area contributed by atoms with Crippen molar-refractivity contribution in [2.75, 3.05) is 25.0 Å². The number of benzene rings is 1. The minimum atomic E-state index is -0.860. The number of aromatic carboxylic acids is 1. The summed E-state index contributed by atoms with van der Waals surface area (Å²) in [5.74, 6) is 0.233. The Morgan fingerprint density at radius 1 is 1.16 bits per heavy atom. The lowest BCUT2D eigenvalue weighted by Crippen LogP contribution is -2.34. The Bertz CT molecular complexity index is 1350. The minimum Gasteiger partial charge on any atom is -0.477 e. The van der Waals surface area contributed by atoms with Gasteiger partial charge in [0, 0.05) is 34.6 Å². The zero-order valence-electron chi connectivity index (χ0n) is 22.3. The maximum Gasteiger partial charge on any atom is 0.346 e. The topological polar surface area (TPSA) is 82.5 Å². The molecule has 2 aromatic heterocycles. The van der Waals surface area contributed by atoms with E-state index in [0.29, 0.717) is 22.2 Å². The number of aryl methyl sites for hydroxylation is 1. The van der Waals surface area contributed by atoms with Gasteiger partial charge >= 0.3 is 5.97 Å². The number of anilines is 1. The molecule has 200 valence electrons. The van der Waals surface area contributed by atoms with Crippen LogP contribution in [0.1, 0.15) is 76.7 Å². The standard InChI is InChI=1S/C30H35N3O3S2/c1-4-33-14-13-23(25(16-33)20-7-5-18(2)6-8-20)24-15-27(38-28(24)30(35)36)21-9-11-22(12-10-21)32-29(34)26-17-37-19(3)31-26/h9-12,15,17-18,20H,4-8,13-14,16H2,1-3H3,(H,32,34)(H,35,36). The average molecular weight is 550 g/mol. The summed E-state index contributed by atoms with van der Waals surface area (Å²) >= 11 is 2.79. The number of amides is 1. The normalized spacial score (nSPS) is 20.5. The van der Waals surface area contributed by atoms with Crippen LogP contribution in [0, 0.1) is 18.8 Å². The number of nitrogens with one attached hydrogen (secondary N) is 1. The molecular formula is C30H35N3O3S2. The first kappa shape index (κ1) is 26.8. The van der Waals surface area contributed by atoms with E-state index < -0.39 is 5.97 Å². The molecule has 0 radical (unpaired) electrons. The van der Waals surface area contributed by atoms with Crippen LogP contribution in [0.4, 0.5) is 5.69 Å². The summed E-state index contributed by atoms with van der Waals surface area (Å²) in [6, 6.07) is 9.70. The van der Waals surface area contributed by atoms with Crippen LogP contribution in [0.25, 0.3) is 16.0 Å². The molecule has 1 aliphatic heterocycles. The van der Waals surface area contributed by atoms with Gasteiger partial charge in [0.2, 0.25) is 0 Å². The van der Waals surface area contributed by atoms with Gasteiger partial charge in [0.1, 0.15) is 10.6 Å². The highest BCUT2D eigenvalue weighted by molar-refractivity contribution is 7.17. The van der Waals surface area contributed by atoms with Crippen LogP contribution >= 0.6 is 22.7 Å². The quantitative estimate of drug-likeness (QED) is 0.320. The van der Waals surface area contributed by atoms with Gasteiger partial charge in [0.05, 0.1) is 5.01 Å². The lowest BCUT2D eigenvalue weighted by molar-refractivity contribution is 0.0701. The number of nitrogens with zero attached hydrogens (tertiary/aromatic N) is 2. The lowest BCUT2D eigenvalue weighted by Gasteiger charge is -2.36. The number of hydrogen-bond acceptors (Lipinski definition) is 6. The number of aromatic nitrogens is 1. The predicted molar refractivity (Wildman–Crippen MR) is 156 cm³/mol. The maximum absolute atomic E-state index is 12.5. The molecule has 0 saturated heterocycles. The van der Waals surface area contributed by atoms with E-state index in [1.165, 1.54) is 59.5 Å². The summed E-state index contributed by atoms with van der Waals surface area (Å²) in [6.45, 7) is 9.36. The third kappa shape index (κ3) is 5.77. The van der Waals surface area contributed by atoms with Crippen molar-refractivity contribution in [3.05, 3.63) is 62.4 Å². The van der Waals surface area contributed by atoms with Crippen LogP contribution in [0.2, 0.25) is 0 Å². The number of carbonyl (C=O) groups is 2. The first-order chi connectivity index (χ1) is 18.3. The van der Waals surface area contributed by atoms with E-state index in [-0.39, 0.29) is 5.91 Å². The molecule has 1 saturated carbocycles. The Morgan fingerprint density at radius 2 is 1.89 bits per heavy atom. The number of thiophene rings is 1. The zero-order valence-corrected chi connectivity index (χ0v) is 23.9. The minimum absolute atomic E-state index is 0.233. The molecule has 1 amide bonds. The first-order valence-electron chi connectivity index (χ1n) is 13.5. The molecule has 8 heteroatoms. The fourth-order valence-corrected chi connectivity index (χ4v) is 7.33. The molecule has 1 aliphatic carbocycles. The van der Waals surface area contributed by atoms with Gasteiger partial charge in [-0.25, -0.2) is 9.78 Å². The third-order valence-corrected chi connectivity index (χ3v) is 9.89. The molecule has 1 fully saturated rings. The Hall–Kier alpha value is -2.81. The predicted octanol–water partition coefficient (Wildman–Crippen LogP) is 7.44. The van der Waals surface area contributed by atoms with E-state index in [0.717, 1.165) is 53.0 Å². The molecule has 1 aromatic carbocycles. The van der Waals surface area contributed by atoms with E-state index in [1.807, 2.05) is 31.2 Å². The fraction of sp³-hybridized carbons (Fsp3) is 0.433. The fourth-order valence-electron chi connectivity index (χ4n) is 5.70. The lowest BCUT2D eigenvalue weighted by atomic mass is 9.75. The van der Waals surface area contributed by atoms with E-state index in [2.05, 4.69) is 35.1 Å². The molecule has 2 N–H and O–H groups in total. The van der Waals surface area contributed by atoms with Crippen LogP contribution in [0.15, 0.2) is 41.3 Å². The van der Waals surface area contributed by atoms with Crippen molar-refractivity contribution in [1.82, 2.24) is 9.88 Å². The zero-order chi connectivity index (χ0) is 26.8. The van der Waals surface area contributed by atoms with E-state index >= 15 is 0 Å². The second-order valence-corrected chi connectivity index (χ2v) is 12.6. The molecule has 5 rings (SSSR count). The van der Waals surface area contributed by atoms with E-state index in [9.17, 15) is 14.7 Å². The number of likely N-dealkylation sites (N-methyl/N-ethyl adjacent to an activating group) is 1. The van der Waals surface area contributed by atoms with Crippen LogP contribution in [-0.4, -0.2) is 46.5 Å². The van der Waals surface area contributed by atoms with Crippen LogP contribution in [0.3, 0.4) is 0 Å². The second-order valence-electron chi connectivity index (χ2n) is 10.5. The van der Waals surface area contributed by atoms with Crippen LogP contribution < -0.4 is 5.32 Å². The SMILES string of the molecule is CCN1CCC(c2cc(-c3ccc(NC(=O)c4csc(C)n4)cc3)sc2C(=O)O)=C(C2CCC(C)CC2)C1. The van der Waals surface area contributed by atoms with Crippen molar-refractivity contribution in [3.63, 3.8) is 0 Å². The molecular weight excluding hydrogens is 514 g/mol. The molecule has 0 unspecified atom stereocenters. The molecule has 38 heavy (non-hydrogen) atoms. The monoisotopic (exact) mass is 549 g/mol. The Balaban J connectivity index is 1.44. The second kappa shape index (κ2) is 11.5. The summed E-state index contributed by atoms with van der Waals surface area (Å²) in [5, 5.41) is 15.7. The molecule has 3 heterocycles. The summed E-state index contributed by atoms with van der Waals surface area (Å²) in [7, 11) is 0. The van der Waals surface area contributed by atoms with Crippen LogP contribution in [-0.2, 0) is 0 Å². The van der Waals surface area contributed by atoms with E-state index in [1.54, 1.807) is 5.38 Å². The first-order valence-corrected chi connectivity index (χ1v) is 15.2. The van der Waals surface area contributed by atoms with Gasteiger partial charge in [-0.2, -0.15) is 0 Å². The van der Waals surface area contributed by atoms with Gasteiger partial charge in [-0.3, -0.25) is 9.69 Å². The Morgan fingerprint density at radius 3 is 2.53 bits per heavy atom. The number of carbonyl (C=O) groups excluding carboxylic acids is 1. The highest BCUT2D eigenvalue weighted by Crippen LogP contribution is 2.43. The molecule has 0 bridgehead atoms. The number of carboxylic acid groups (broad SMARTS) is 1. The number of rotatable bonds is 7. The Kier molecular flexibility index (Phi) is 8.12. The highest BCUT2D eigenvalue weighted by atomic mass is 32.1. The van der Waals surface area contributed by atoms with Crippen LogP contribution in [0.5, 0.6) is 0 Å². The molecule has 0 spiro atoms. The summed E-state index contributed by atoms with van der Waals surface area (Å²) in [5.41, 5.74) is 5.67. The average Bonchev–Trinajstić information content (AvgIpc) is 3.56. The third-order valence-electron chi connectivity index (χ3n) is 7.95. The van der Waals surface area contributed by atoms with Crippen molar-refractivity contribution < 1.29 is 14.7 Å². The largest absolute Gasteiger partial charge is 0.477 e. The summed E-state index contributed by atoms with van der Waals surface area (Å²) < 4.78 is 0. The molecule has 0 atom stereocenters. The smallest absolute Gasteiger partial charge is 0.346 e. The number of hydrogen-bond donors (Lipinski definition) is 2. The van der Waals surface area contributed by atoms with Gasteiger partial charge in [0.15, 0.2) is 0 Å². The van der Waals surface area contributed by atoms with Crippen molar-refractivity contribution in [3.8, 4) is 10.4 Å². The number of carboxylic acids is 1. The van der Waals surface area contributed by atoms with Crippen molar-refractivity contribution >= 4 is 45.8 Å². The molecule has 6 nitrogen and oxygen atoms in total.